The standard InChI is InChI=1S/C15H14Cl2N2O2/c16-10-6-5-9(12(17)8-10)7-14-18-15(21-19-14)11-3-1-2-4-13(11)20/h5-6,8,11H,1-4,7H2. The molecule has 1 heterocycles. The van der Waals surface area contributed by atoms with Gasteiger partial charge in [-0.2, -0.15) is 4.98 Å². The van der Waals surface area contributed by atoms with E-state index in [0.29, 0.717) is 34.6 Å². The van der Waals surface area contributed by atoms with Crippen LogP contribution in [0, 0.1) is 0 Å². The number of ketones is 1. The minimum absolute atomic E-state index is 0.195. The number of carbonyl (C=O) groups is 1. The van der Waals surface area contributed by atoms with E-state index in [-0.39, 0.29) is 11.7 Å². The molecule has 2 aromatic rings. The Morgan fingerprint density at radius 3 is 2.90 bits per heavy atom. The van der Waals surface area contributed by atoms with E-state index >= 15 is 0 Å². The predicted octanol–water partition coefficient (Wildman–Crippen LogP) is 4.19. The van der Waals surface area contributed by atoms with Gasteiger partial charge in [0.15, 0.2) is 5.82 Å². The molecule has 0 bridgehead atoms. The van der Waals surface area contributed by atoms with Crippen molar-refractivity contribution in [3.05, 3.63) is 45.5 Å². The lowest BCUT2D eigenvalue weighted by molar-refractivity contribution is -0.122. The molecule has 1 saturated carbocycles. The van der Waals surface area contributed by atoms with E-state index in [4.69, 9.17) is 27.7 Å². The summed E-state index contributed by atoms with van der Waals surface area (Å²) in [6, 6.07) is 5.30. The summed E-state index contributed by atoms with van der Waals surface area (Å²) in [5, 5.41) is 5.11. The SMILES string of the molecule is O=C1CCCCC1c1nc(Cc2ccc(Cl)cc2Cl)no1. The van der Waals surface area contributed by atoms with Crippen molar-refractivity contribution < 1.29 is 9.32 Å². The second-order valence-corrected chi connectivity index (χ2v) is 6.07. The van der Waals surface area contributed by atoms with Crippen LogP contribution in [0.5, 0.6) is 0 Å². The van der Waals surface area contributed by atoms with Gasteiger partial charge in [-0.25, -0.2) is 0 Å². The van der Waals surface area contributed by atoms with E-state index in [0.717, 1.165) is 24.8 Å². The summed E-state index contributed by atoms with van der Waals surface area (Å²) in [6.45, 7) is 0. The zero-order valence-corrected chi connectivity index (χ0v) is 12.8. The molecule has 1 fully saturated rings. The number of benzene rings is 1. The largest absolute Gasteiger partial charge is 0.339 e. The van der Waals surface area contributed by atoms with Crippen molar-refractivity contribution in [1.82, 2.24) is 10.1 Å². The summed E-state index contributed by atoms with van der Waals surface area (Å²) in [4.78, 5) is 16.2. The normalized spacial score (nSPS) is 19.0. The number of nitrogens with zero attached hydrogens (tertiary/aromatic N) is 2. The van der Waals surface area contributed by atoms with Crippen LogP contribution in [0.3, 0.4) is 0 Å². The molecule has 0 amide bonds. The van der Waals surface area contributed by atoms with Gasteiger partial charge in [-0.05, 0) is 30.5 Å². The van der Waals surface area contributed by atoms with Gasteiger partial charge in [0.05, 0.1) is 5.92 Å². The van der Waals surface area contributed by atoms with Gasteiger partial charge in [-0.3, -0.25) is 4.79 Å². The van der Waals surface area contributed by atoms with Crippen molar-refractivity contribution in [2.75, 3.05) is 0 Å². The van der Waals surface area contributed by atoms with Crippen LogP contribution in [0.2, 0.25) is 10.0 Å². The van der Waals surface area contributed by atoms with Gasteiger partial charge >= 0.3 is 0 Å². The van der Waals surface area contributed by atoms with Crippen molar-refractivity contribution in [2.45, 2.75) is 38.0 Å². The van der Waals surface area contributed by atoms with Crippen molar-refractivity contribution in [2.24, 2.45) is 0 Å². The molecular weight excluding hydrogens is 311 g/mol. The van der Waals surface area contributed by atoms with Crippen molar-refractivity contribution in [3.8, 4) is 0 Å². The van der Waals surface area contributed by atoms with Crippen LogP contribution in [-0.2, 0) is 11.2 Å². The van der Waals surface area contributed by atoms with E-state index < -0.39 is 0 Å². The highest BCUT2D eigenvalue weighted by Crippen LogP contribution is 2.29. The lowest BCUT2D eigenvalue weighted by atomic mass is 9.88. The third-order valence-electron chi connectivity index (χ3n) is 3.70. The van der Waals surface area contributed by atoms with Crippen LogP contribution in [0.1, 0.15) is 48.9 Å². The molecule has 4 nitrogen and oxygen atoms in total. The zero-order valence-electron chi connectivity index (χ0n) is 11.3. The Morgan fingerprint density at radius 1 is 1.29 bits per heavy atom. The smallest absolute Gasteiger partial charge is 0.237 e. The van der Waals surface area contributed by atoms with Crippen molar-refractivity contribution in [3.63, 3.8) is 0 Å². The molecule has 0 N–H and O–H groups in total. The summed E-state index contributed by atoms with van der Waals surface area (Å²) < 4.78 is 5.26. The Morgan fingerprint density at radius 2 is 2.14 bits per heavy atom. The summed E-state index contributed by atoms with van der Waals surface area (Å²) in [5.74, 6) is 0.925. The molecule has 1 aliphatic rings. The highest BCUT2D eigenvalue weighted by molar-refractivity contribution is 6.35. The van der Waals surface area contributed by atoms with Gasteiger partial charge in [0.25, 0.3) is 0 Å². The summed E-state index contributed by atoms with van der Waals surface area (Å²) >= 11 is 12.0. The number of aromatic nitrogens is 2. The fourth-order valence-corrected chi connectivity index (χ4v) is 3.04. The van der Waals surface area contributed by atoms with E-state index in [9.17, 15) is 4.79 Å². The minimum Gasteiger partial charge on any atom is -0.339 e. The number of hydrogen-bond donors (Lipinski definition) is 0. The molecule has 0 radical (unpaired) electrons. The molecule has 6 heteroatoms. The number of hydrogen-bond acceptors (Lipinski definition) is 4. The summed E-state index contributed by atoms with van der Waals surface area (Å²) in [7, 11) is 0. The molecule has 1 atom stereocenters. The Bertz CT molecular complexity index is 669. The van der Waals surface area contributed by atoms with Crippen molar-refractivity contribution in [1.29, 1.82) is 0 Å². The highest BCUT2D eigenvalue weighted by atomic mass is 35.5. The lowest BCUT2D eigenvalue weighted by Gasteiger charge is -2.16. The molecule has 0 spiro atoms. The zero-order chi connectivity index (χ0) is 14.8. The topological polar surface area (TPSA) is 56.0 Å². The molecule has 0 saturated heterocycles. The van der Waals surface area contributed by atoms with Gasteiger partial charge in [-0.1, -0.05) is 40.8 Å². The first-order chi connectivity index (χ1) is 10.1. The number of Topliss-reactive ketones (excluding diaryl/α,β-unsaturated/α-hetero) is 1. The Hall–Kier alpha value is -1.39. The first-order valence-electron chi connectivity index (χ1n) is 6.92. The number of halogens is 2. The molecule has 3 rings (SSSR count). The summed E-state index contributed by atoms with van der Waals surface area (Å²) in [5.41, 5.74) is 0.878. The molecular formula is C15H14Cl2N2O2. The van der Waals surface area contributed by atoms with E-state index in [1.165, 1.54) is 0 Å². The van der Waals surface area contributed by atoms with Gasteiger partial charge in [0.1, 0.15) is 5.78 Å². The Labute approximate surface area is 132 Å². The van der Waals surface area contributed by atoms with Gasteiger partial charge < -0.3 is 4.52 Å². The number of rotatable bonds is 3. The van der Waals surface area contributed by atoms with Gasteiger partial charge in [0.2, 0.25) is 5.89 Å². The lowest BCUT2D eigenvalue weighted by Crippen LogP contribution is -2.17. The molecule has 1 aromatic heterocycles. The van der Waals surface area contributed by atoms with Crippen LogP contribution in [0.15, 0.2) is 22.7 Å². The van der Waals surface area contributed by atoms with Crippen LogP contribution < -0.4 is 0 Å². The molecule has 110 valence electrons. The molecule has 0 aliphatic heterocycles. The third kappa shape index (κ3) is 3.27. The summed E-state index contributed by atoms with van der Waals surface area (Å²) in [6.07, 6.45) is 3.84. The molecule has 21 heavy (non-hydrogen) atoms. The average molecular weight is 325 g/mol. The van der Waals surface area contributed by atoms with E-state index in [1.807, 2.05) is 6.07 Å². The maximum atomic E-state index is 11.9. The fourth-order valence-electron chi connectivity index (χ4n) is 2.56. The predicted molar refractivity (Wildman–Crippen MR) is 79.8 cm³/mol. The van der Waals surface area contributed by atoms with Crippen molar-refractivity contribution >= 4 is 29.0 Å². The molecule has 1 unspecified atom stereocenters. The molecule has 1 aromatic carbocycles. The van der Waals surface area contributed by atoms with Crippen LogP contribution >= 0.6 is 23.2 Å². The maximum Gasteiger partial charge on any atom is 0.237 e. The second-order valence-electron chi connectivity index (χ2n) is 5.23. The van der Waals surface area contributed by atoms with Crippen LogP contribution in [0.25, 0.3) is 0 Å². The quantitative estimate of drug-likeness (QED) is 0.849. The van der Waals surface area contributed by atoms with Crippen LogP contribution in [0.4, 0.5) is 0 Å². The van der Waals surface area contributed by atoms with E-state index in [1.54, 1.807) is 12.1 Å². The highest BCUT2D eigenvalue weighted by Gasteiger charge is 2.28. The van der Waals surface area contributed by atoms with E-state index in [2.05, 4.69) is 10.1 Å². The van der Waals surface area contributed by atoms with Gasteiger partial charge in [0, 0.05) is 22.9 Å². The first kappa shape index (κ1) is 14.5. The third-order valence-corrected chi connectivity index (χ3v) is 4.29. The minimum atomic E-state index is -0.235. The maximum absolute atomic E-state index is 11.9. The average Bonchev–Trinajstić information content (AvgIpc) is 2.91. The fraction of sp³-hybridized carbons (Fsp3) is 0.400. The molecule has 1 aliphatic carbocycles. The Balaban J connectivity index is 1.77. The van der Waals surface area contributed by atoms with Gasteiger partial charge in [-0.15, -0.1) is 0 Å². The van der Waals surface area contributed by atoms with Crippen LogP contribution in [-0.4, -0.2) is 15.9 Å². The second kappa shape index (κ2) is 6.16. The first-order valence-corrected chi connectivity index (χ1v) is 7.68. The number of carbonyl (C=O) groups excluding carboxylic acids is 1. The monoisotopic (exact) mass is 324 g/mol. The Kier molecular flexibility index (Phi) is 4.27.